The van der Waals surface area contributed by atoms with Gasteiger partial charge in [-0.2, -0.15) is 13.5 Å². The topological polar surface area (TPSA) is 96.2 Å². The van der Waals surface area contributed by atoms with Gasteiger partial charge >= 0.3 is 0 Å². The third-order valence-electron chi connectivity index (χ3n) is 2.15. The van der Waals surface area contributed by atoms with Crippen LogP contribution in [0.15, 0.2) is 51.2 Å². The minimum atomic E-state index is -4.21. The van der Waals surface area contributed by atoms with E-state index in [0.717, 1.165) is 0 Å². The minimum absolute atomic E-state index is 0.183. The first-order valence-electron chi connectivity index (χ1n) is 4.68. The van der Waals surface area contributed by atoms with E-state index in [9.17, 15) is 13.2 Å². The van der Waals surface area contributed by atoms with Gasteiger partial charge in [-0.25, -0.2) is 0 Å². The summed E-state index contributed by atoms with van der Waals surface area (Å²) in [7, 11) is -4.21. The Hall–Kier alpha value is -1.86. The molecule has 88 valence electrons. The van der Waals surface area contributed by atoms with Gasteiger partial charge < -0.3 is 0 Å². The summed E-state index contributed by atoms with van der Waals surface area (Å²) in [6, 6.07) is 5.80. The molecule has 1 amide bonds. The van der Waals surface area contributed by atoms with E-state index in [1.807, 2.05) is 0 Å². The molecule has 1 aromatic rings. The molecule has 0 aromatic heterocycles. The van der Waals surface area contributed by atoms with E-state index in [2.05, 4.69) is 10.2 Å². The van der Waals surface area contributed by atoms with Crippen LogP contribution in [0.2, 0.25) is 0 Å². The predicted octanol–water partition coefficient (Wildman–Crippen LogP) is 1.35. The van der Waals surface area contributed by atoms with Crippen molar-refractivity contribution in [1.82, 2.24) is 0 Å². The zero-order valence-electron chi connectivity index (χ0n) is 8.57. The molecule has 0 unspecified atom stereocenters. The summed E-state index contributed by atoms with van der Waals surface area (Å²) in [5.74, 6) is -0.425. The first-order chi connectivity index (χ1) is 7.95. The van der Waals surface area contributed by atoms with E-state index >= 15 is 0 Å². The van der Waals surface area contributed by atoms with E-state index in [1.54, 1.807) is 6.07 Å². The molecular formula is C10H8N2O4S. The summed E-state index contributed by atoms with van der Waals surface area (Å²) in [6.07, 6.45) is 1.57. The van der Waals surface area contributed by atoms with Gasteiger partial charge in [-0.1, -0.05) is 12.1 Å². The predicted molar refractivity (Wildman–Crippen MR) is 57.9 cm³/mol. The highest BCUT2D eigenvalue weighted by Gasteiger charge is 2.12. The van der Waals surface area contributed by atoms with Gasteiger partial charge in [-0.3, -0.25) is 9.35 Å². The van der Waals surface area contributed by atoms with Crippen LogP contribution >= 0.6 is 0 Å². The second-order valence-corrected chi connectivity index (χ2v) is 4.89. The van der Waals surface area contributed by atoms with Crippen molar-refractivity contribution in [2.45, 2.75) is 11.3 Å². The lowest BCUT2D eigenvalue weighted by atomic mass is 10.1. The maximum absolute atomic E-state index is 10.9. The van der Waals surface area contributed by atoms with E-state index in [1.165, 1.54) is 24.3 Å². The highest BCUT2D eigenvalue weighted by Crippen LogP contribution is 2.17. The molecule has 1 N–H and O–H groups in total. The first kappa shape index (κ1) is 11.6. The largest absolute Gasteiger partial charge is 0.294 e. The fraction of sp³-hybridized carbons (Fsp3) is 0.100. The molecular weight excluding hydrogens is 244 g/mol. The molecule has 1 aliphatic rings. The zero-order valence-corrected chi connectivity index (χ0v) is 9.38. The third-order valence-corrected chi connectivity index (χ3v) is 3.00. The number of amides is 1. The van der Waals surface area contributed by atoms with Gasteiger partial charge in [0.05, 0.1) is 10.6 Å². The Kier molecular flexibility index (Phi) is 2.86. The minimum Gasteiger partial charge on any atom is -0.282 e. The van der Waals surface area contributed by atoms with Gasteiger partial charge in [0.15, 0.2) is 0 Å². The molecule has 0 saturated carbocycles. The number of rotatable bonds is 3. The summed E-state index contributed by atoms with van der Waals surface area (Å²) in [4.78, 5) is 10.6. The molecule has 17 heavy (non-hydrogen) atoms. The standard InChI is InChI=1S/C10H8N2O4S/c13-10-6-8(11-12-10)4-7-2-1-3-9(5-7)17(14,15)16/h1-3,5-6H,4H2,(H,14,15,16). The van der Waals surface area contributed by atoms with Crippen molar-refractivity contribution in [2.75, 3.05) is 0 Å². The Morgan fingerprint density at radius 2 is 2.00 bits per heavy atom. The molecule has 1 aliphatic heterocycles. The Morgan fingerprint density at radius 3 is 2.59 bits per heavy atom. The maximum Gasteiger partial charge on any atom is 0.294 e. The smallest absolute Gasteiger partial charge is 0.282 e. The summed E-state index contributed by atoms with van der Waals surface area (Å²) in [6.45, 7) is 0. The lowest BCUT2D eigenvalue weighted by Crippen LogP contribution is -1.99. The van der Waals surface area contributed by atoms with Crippen LogP contribution in [0.5, 0.6) is 0 Å². The van der Waals surface area contributed by atoms with Crippen LogP contribution in [0.4, 0.5) is 0 Å². The third kappa shape index (κ3) is 2.83. The number of azo groups is 1. The molecule has 7 heteroatoms. The van der Waals surface area contributed by atoms with Crippen LogP contribution in [0, 0.1) is 0 Å². The van der Waals surface area contributed by atoms with Crippen LogP contribution in [0.1, 0.15) is 5.56 Å². The molecule has 0 radical (unpaired) electrons. The SMILES string of the molecule is O=C1C=C(Cc2cccc(S(=O)(=O)O)c2)N=N1. The molecule has 0 atom stereocenters. The summed E-state index contributed by atoms with van der Waals surface area (Å²) < 4.78 is 30.7. The van der Waals surface area contributed by atoms with Gasteiger partial charge in [-0.05, 0) is 17.7 Å². The van der Waals surface area contributed by atoms with Gasteiger partial charge in [0.2, 0.25) is 0 Å². The van der Waals surface area contributed by atoms with Gasteiger partial charge in [-0.15, -0.1) is 5.11 Å². The van der Waals surface area contributed by atoms with E-state index in [0.29, 0.717) is 17.7 Å². The Morgan fingerprint density at radius 1 is 1.24 bits per heavy atom. The number of hydrogen-bond acceptors (Lipinski definition) is 4. The molecule has 2 rings (SSSR count). The van der Waals surface area contributed by atoms with Crippen LogP contribution < -0.4 is 0 Å². The van der Waals surface area contributed by atoms with Crippen molar-refractivity contribution in [2.24, 2.45) is 10.2 Å². The Labute approximate surface area is 97.4 Å². The Balaban J connectivity index is 2.27. The fourth-order valence-electron chi connectivity index (χ4n) is 1.43. The molecule has 0 bridgehead atoms. The van der Waals surface area contributed by atoms with Crippen LogP contribution in [0.25, 0.3) is 0 Å². The average molecular weight is 252 g/mol. The number of carbonyl (C=O) groups excluding carboxylic acids is 1. The van der Waals surface area contributed by atoms with Crippen LogP contribution in [0.3, 0.4) is 0 Å². The first-order valence-corrected chi connectivity index (χ1v) is 6.12. The highest BCUT2D eigenvalue weighted by molar-refractivity contribution is 7.85. The summed E-state index contributed by atoms with van der Waals surface area (Å²) in [5, 5.41) is 6.94. The van der Waals surface area contributed by atoms with Crippen LogP contribution in [-0.4, -0.2) is 18.9 Å². The van der Waals surface area contributed by atoms with Crippen molar-refractivity contribution in [3.05, 3.63) is 41.6 Å². The molecule has 0 fully saturated rings. The number of allylic oxidation sites excluding steroid dienone is 1. The van der Waals surface area contributed by atoms with Gasteiger partial charge in [0, 0.05) is 12.5 Å². The number of hydrogen-bond donors (Lipinski definition) is 1. The zero-order chi connectivity index (χ0) is 12.5. The van der Waals surface area contributed by atoms with Crippen molar-refractivity contribution in [3.63, 3.8) is 0 Å². The van der Waals surface area contributed by atoms with E-state index in [4.69, 9.17) is 4.55 Å². The van der Waals surface area contributed by atoms with Gasteiger partial charge in [0.1, 0.15) is 0 Å². The summed E-state index contributed by atoms with van der Waals surface area (Å²) in [5.41, 5.74) is 1.09. The maximum atomic E-state index is 10.9. The highest BCUT2D eigenvalue weighted by atomic mass is 32.2. The van der Waals surface area contributed by atoms with Crippen molar-refractivity contribution in [3.8, 4) is 0 Å². The molecule has 6 nitrogen and oxygen atoms in total. The summed E-state index contributed by atoms with van der Waals surface area (Å²) >= 11 is 0. The second kappa shape index (κ2) is 4.19. The van der Waals surface area contributed by atoms with Crippen molar-refractivity contribution in [1.29, 1.82) is 0 Å². The molecule has 1 heterocycles. The van der Waals surface area contributed by atoms with Gasteiger partial charge in [0.25, 0.3) is 16.0 Å². The number of benzene rings is 1. The number of nitrogens with zero attached hydrogens (tertiary/aromatic N) is 2. The normalized spacial score (nSPS) is 15.1. The van der Waals surface area contributed by atoms with Crippen molar-refractivity contribution < 1.29 is 17.8 Å². The Bertz CT molecular complexity index is 631. The molecule has 1 aromatic carbocycles. The van der Waals surface area contributed by atoms with Crippen LogP contribution in [-0.2, 0) is 21.3 Å². The lowest BCUT2D eigenvalue weighted by Gasteiger charge is -2.01. The van der Waals surface area contributed by atoms with E-state index < -0.39 is 16.0 Å². The lowest BCUT2D eigenvalue weighted by molar-refractivity contribution is -0.113. The fourth-order valence-corrected chi connectivity index (χ4v) is 1.98. The molecule has 0 aliphatic carbocycles. The monoisotopic (exact) mass is 252 g/mol. The average Bonchev–Trinajstić information content (AvgIpc) is 2.63. The molecule has 0 saturated heterocycles. The van der Waals surface area contributed by atoms with Crippen molar-refractivity contribution >= 4 is 16.0 Å². The van der Waals surface area contributed by atoms with E-state index in [-0.39, 0.29) is 4.90 Å². The number of carbonyl (C=O) groups is 1. The molecule has 0 spiro atoms. The quantitative estimate of drug-likeness (QED) is 0.821. The second-order valence-electron chi connectivity index (χ2n) is 3.47.